The van der Waals surface area contributed by atoms with Crippen LogP contribution in [0, 0.1) is 32.0 Å². The maximum Gasteiger partial charge on any atom is 3.00 e. The van der Waals surface area contributed by atoms with E-state index in [1.807, 2.05) is 122 Å². The summed E-state index contributed by atoms with van der Waals surface area (Å²) in [5.41, 5.74) is 8.92. The smallest absolute Gasteiger partial charge is 0.304 e. The molecule has 0 radical (unpaired) electrons. The van der Waals surface area contributed by atoms with Crippen LogP contribution < -0.4 is 0 Å². The number of benzene rings is 4. The van der Waals surface area contributed by atoms with Crippen molar-refractivity contribution in [2.24, 2.45) is 0 Å². The Labute approximate surface area is 284 Å². The van der Waals surface area contributed by atoms with E-state index < -0.39 is 6.85 Å². The van der Waals surface area contributed by atoms with Gasteiger partial charge in [0.2, 0.25) is 0 Å². The van der Waals surface area contributed by atoms with Crippen molar-refractivity contribution >= 4 is 0 Å². The normalized spacial score (nSPS) is 11.1. The molecule has 0 saturated heterocycles. The van der Waals surface area contributed by atoms with Gasteiger partial charge in [-0.05, 0) is 54.1 Å². The number of hydrogen-bond acceptors (Lipinski definition) is 3. The van der Waals surface area contributed by atoms with E-state index in [1.54, 1.807) is 18.2 Å². The van der Waals surface area contributed by atoms with Gasteiger partial charge < -0.3 is 15.0 Å². The van der Waals surface area contributed by atoms with Crippen molar-refractivity contribution in [2.45, 2.75) is 13.8 Å². The maximum absolute atomic E-state index is 7.29. The second-order valence-corrected chi connectivity index (χ2v) is 9.70. The summed E-state index contributed by atoms with van der Waals surface area (Å²) in [5.74, 6) is 0. The molecular formula is C41H32IrN3. The van der Waals surface area contributed by atoms with Crippen LogP contribution in [0.3, 0.4) is 0 Å². The second kappa shape index (κ2) is 17.3. The molecule has 3 aromatic heterocycles. The largest absolute Gasteiger partial charge is 3.00 e. The van der Waals surface area contributed by atoms with Crippen LogP contribution in [-0.2, 0) is 20.1 Å². The minimum Gasteiger partial charge on any atom is -0.304 e. The van der Waals surface area contributed by atoms with Gasteiger partial charge in [0.15, 0.2) is 0 Å². The molecule has 220 valence electrons. The number of aromatic nitrogens is 3. The van der Waals surface area contributed by atoms with Gasteiger partial charge in [0.1, 0.15) is 0 Å². The predicted molar refractivity (Wildman–Crippen MR) is 180 cm³/mol. The van der Waals surface area contributed by atoms with Crippen LogP contribution in [0.1, 0.15) is 15.5 Å². The molecule has 0 amide bonds. The van der Waals surface area contributed by atoms with Crippen LogP contribution in [0.4, 0.5) is 0 Å². The number of rotatable bonds is 4. The van der Waals surface area contributed by atoms with Crippen LogP contribution in [0.25, 0.3) is 44.9 Å². The first-order chi connectivity index (χ1) is 22.9. The first kappa shape index (κ1) is 28.7. The van der Waals surface area contributed by atoms with Gasteiger partial charge in [0, 0.05) is 21.7 Å². The Balaban J connectivity index is 0.000000163. The Morgan fingerprint density at radius 2 is 0.978 bits per heavy atom. The zero-order valence-electron chi connectivity index (χ0n) is 27.7. The fourth-order valence-electron chi connectivity index (χ4n) is 4.29. The Morgan fingerprint density at radius 1 is 0.467 bits per heavy atom. The van der Waals surface area contributed by atoms with Crippen LogP contribution >= 0.6 is 0 Å². The fraction of sp³-hybridized carbons (Fsp3) is 0.0488. The van der Waals surface area contributed by atoms with Gasteiger partial charge in [0.05, 0.1) is 0 Å². The third-order valence-corrected chi connectivity index (χ3v) is 6.46. The van der Waals surface area contributed by atoms with Crippen molar-refractivity contribution in [3.63, 3.8) is 0 Å². The van der Waals surface area contributed by atoms with Crippen molar-refractivity contribution < 1.29 is 24.2 Å². The third kappa shape index (κ3) is 10.0. The van der Waals surface area contributed by atoms with Gasteiger partial charge in [-0.25, -0.2) is 0 Å². The van der Waals surface area contributed by atoms with Crippen LogP contribution in [-0.4, -0.2) is 15.0 Å². The van der Waals surface area contributed by atoms with Gasteiger partial charge in [0.25, 0.3) is 0 Å². The molecule has 45 heavy (non-hydrogen) atoms. The first-order valence-electron chi connectivity index (χ1n) is 15.7. The third-order valence-electron chi connectivity index (χ3n) is 6.46. The SMILES string of the molecule is Cc1cccc(-c2[c-]cccc2)n1.[2H]C([2H])([2H])c1cccc(-c2[c-]cccc2)n1.[Ir+3].[c-]1ccccc1-c1ccc(-c2ccccc2)cn1. The Bertz CT molecular complexity index is 1890. The topological polar surface area (TPSA) is 38.7 Å². The maximum atomic E-state index is 7.29. The van der Waals surface area contributed by atoms with Gasteiger partial charge in [-0.3, -0.25) is 0 Å². The molecular weight excluding hydrogens is 727 g/mol. The van der Waals surface area contributed by atoms with Crippen molar-refractivity contribution in [1.82, 2.24) is 15.0 Å². The summed E-state index contributed by atoms with van der Waals surface area (Å²) in [6.07, 6.45) is 1.91. The summed E-state index contributed by atoms with van der Waals surface area (Å²) in [5, 5.41) is 0. The van der Waals surface area contributed by atoms with Crippen molar-refractivity contribution in [3.8, 4) is 44.9 Å². The molecule has 4 aromatic carbocycles. The Hall–Kier alpha value is -5.02. The van der Waals surface area contributed by atoms with E-state index in [0.29, 0.717) is 5.69 Å². The predicted octanol–water partition coefficient (Wildman–Crippen LogP) is 9.93. The van der Waals surface area contributed by atoms with E-state index >= 15 is 0 Å². The molecule has 0 aliphatic carbocycles. The average Bonchev–Trinajstić information content (AvgIpc) is 3.13. The van der Waals surface area contributed by atoms with E-state index in [-0.39, 0.29) is 25.8 Å². The molecule has 0 N–H and O–H groups in total. The van der Waals surface area contributed by atoms with Crippen LogP contribution in [0.15, 0.2) is 158 Å². The van der Waals surface area contributed by atoms with Gasteiger partial charge in [-0.1, -0.05) is 66.7 Å². The zero-order valence-corrected chi connectivity index (χ0v) is 27.1. The molecule has 0 atom stereocenters. The first-order valence-corrected chi connectivity index (χ1v) is 14.2. The van der Waals surface area contributed by atoms with E-state index in [1.165, 1.54) is 11.6 Å². The van der Waals surface area contributed by atoms with Crippen molar-refractivity contribution in [2.75, 3.05) is 0 Å². The molecule has 0 aliphatic rings. The molecule has 7 aromatic rings. The van der Waals surface area contributed by atoms with E-state index in [4.69, 9.17) is 4.11 Å². The van der Waals surface area contributed by atoms with Crippen LogP contribution in [0.5, 0.6) is 0 Å². The molecule has 0 saturated carbocycles. The molecule has 7 rings (SSSR count). The standard InChI is InChI=1S/C17H12N.2C12H10N.Ir/c1-3-7-14(8-4-1)16-11-12-17(18-13-16)15-9-5-2-6-10-15;2*1-10-6-5-9-12(13-10)11-7-3-2-4-8-11;/h1-9,11-13H;2*2-7,9H,1H3;/q3*-1;+3/i;1D3;;. The van der Waals surface area contributed by atoms with Gasteiger partial charge in [-0.2, -0.15) is 0 Å². The molecule has 3 heterocycles. The summed E-state index contributed by atoms with van der Waals surface area (Å²) in [6.45, 7) is -0.169. The summed E-state index contributed by atoms with van der Waals surface area (Å²) >= 11 is 0. The summed E-state index contributed by atoms with van der Waals surface area (Å²) in [7, 11) is 0. The number of hydrogen-bond donors (Lipinski definition) is 0. The van der Waals surface area contributed by atoms with E-state index in [2.05, 4.69) is 51.4 Å². The van der Waals surface area contributed by atoms with Crippen molar-refractivity contribution in [1.29, 1.82) is 0 Å². The summed E-state index contributed by atoms with van der Waals surface area (Å²) in [4.78, 5) is 13.0. The Morgan fingerprint density at radius 3 is 1.44 bits per heavy atom. The monoisotopic (exact) mass is 762 g/mol. The van der Waals surface area contributed by atoms with E-state index in [9.17, 15) is 0 Å². The van der Waals surface area contributed by atoms with E-state index in [0.717, 1.165) is 39.3 Å². The van der Waals surface area contributed by atoms with Gasteiger partial charge >= 0.3 is 20.1 Å². The molecule has 0 fully saturated rings. The molecule has 0 bridgehead atoms. The minimum absolute atomic E-state index is 0. The molecule has 4 heteroatoms. The zero-order chi connectivity index (χ0) is 32.9. The molecule has 0 aliphatic heterocycles. The molecule has 3 nitrogen and oxygen atoms in total. The summed E-state index contributed by atoms with van der Waals surface area (Å²) < 4.78 is 21.9. The Kier molecular flexibility index (Phi) is 11.1. The van der Waals surface area contributed by atoms with Gasteiger partial charge in [-0.15, -0.1) is 108 Å². The number of pyridine rings is 3. The number of nitrogens with zero attached hydrogens (tertiary/aromatic N) is 3. The number of aryl methyl sites for hydroxylation is 2. The van der Waals surface area contributed by atoms with Crippen LogP contribution in [0.2, 0.25) is 0 Å². The fourth-order valence-corrected chi connectivity index (χ4v) is 4.29. The summed E-state index contributed by atoms with van der Waals surface area (Å²) in [6, 6.07) is 57.9. The minimum atomic E-state index is -2.16. The quantitative estimate of drug-likeness (QED) is 0.168. The molecule has 0 unspecified atom stereocenters. The average molecular weight is 762 g/mol. The second-order valence-electron chi connectivity index (χ2n) is 9.70. The molecule has 0 spiro atoms. The van der Waals surface area contributed by atoms with Crippen molar-refractivity contribution in [3.05, 3.63) is 187 Å².